The molecule has 3 aliphatic rings. The zero-order valence-corrected chi connectivity index (χ0v) is 27.0. The molecule has 0 spiro atoms. The third-order valence-corrected chi connectivity index (χ3v) is 12.3. The molecule has 2 amide bonds. The first-order valence-corrected chi connectivity index (χ1v) is 17.3. The van der Waals surface area contributed by atoms with E-state index in [1.54, 1.807) is 20.8 Å². The number of likely N-dealkylation sites (tertiary alicyclic amines) is 1. The molecule has 1 aliphatic carbocycles. The van der Waals surface area contributed by atoms with E-state index in [0.29, 0.717) is 31.2 Å². The molecule has 42 heavy (non-hydrogen) atoms. The SMILES string of the molecule is CC(O)C(Cc1ccccc1)(NC(=O)OC1(C(C)C)CCCS1(=O)=O)N1CC2CCCCC2CC1C(=O)NC(C)(C)C. The van der Waals surface area contributed by atoms with Crippen molar-refractivity contribution >= 4 is 21.8 Å². The van der Waals surface area contributed by atoms with Crippen LogP contribution in [0.3, 0.4) is 0 Å². The van der Waals surface area contributed by atoms with E-state index in [9.17, 15) is 23.1 Å². The van der Waals surface area contributed by atoms with Crippen LogP contribution in [0.15, 0.2) is 30.3 Å². The third-order valence-electron chi connectivity index (χ3n) is 9.65. The maximum absolute atomic E-state index is 14.0. The molecule has 1 aromatic rings. The number of benzene rings is 1. The first-order chi connectivity index (χ1) is 19.6. The molecule has 9 nitrogen and oxygen atoms in total. The Morgan fingerprint density at radius 1 is 1.05 bits per heavy atom. The number of rotatable bonds is 8. The molecule has 0 aromatic heterocycles. The molecular formula is C32H51N3O6S. The number of aliphatic hydroxyl groups is 1. The molecule has 3 fully saturated rings. The Hall–Kier alpha value is -2.17. The van der Waals surface area contributed by atoms with Crippen molar-refractivity contribution in [2.75, 3.05) is 12.3 Å². The second-order valence-electron chi connectivity index (χ2n) is 14.1. The van der Waals surface area contributed by atoms with E-state index in [-0.39, 0.29) is 24.5 Å². The second-order valence-corrected chi connectivity index (χ2v) is 16.4. The number of nitrogens with one attached hydrogen (secondary N) is 2. The van der Waals surface area contributed by atoms with Gasteiger partial charge in [-0.05, 0) is 64.4 Å². The van der Waals surface area contributed by atoms with Crippen molar-refractivity contribution in [1.82, 2.24) is 15.5 Å². The fourth-order valence-electron chi connectivity index (χ4n) is 7.46. The molecule has 2 aliphatic heterocycles. The maximum atomic E-state index is 14.0. The van der Waals surface area contributed by atoms with E-state index in [2.05, 4.69) is 10.6 Å². The highest BCUT2D eigenvalue weighted by atomic mass is 32.2. The molecule has 2 saturated heterocycles. The lowest BCUT2D eigenvalue weighted by molar-refractivity contribution is -0.146. The Kier molecular flexibility index (Phi) is 9.70. The Balaban J connectivity index is 1.78. The number of aliphatic hydroxyl groups excluding tert-OH is 1. The Labute approximate surface area is 252 Å². The van der Waals surface area contributed by atoms with Crippen LogP contribution in [0.4, 0.5) is 4.79 Å². The fourth-order valence-corrected chi connectivity index (χ4v) is 9.71. The Bertz CT molecular complexity index is 1210. The smallest absolute Gasteiger partial charge is 0.410 e. The highest BCUT2D eigenvalue weighted by molar-refractivity contribution is 7.92. The molecule has 236 valence electrons. The van der Waals surface area contributed by atoms with Crippen molar-refractivity contribution in [3.8, 4) is 0 Å². The lowest BCUT2D eigenvalue weighted by Gasteiger charge is -2.55. The van der Waals surface area contributed by atoms with Crippen LogP contribution >= 0.6 is 0 Å². The minimum atomic E-state index is -3.69. The summed E-state index contributed by atoms with van der Waals surface area (Å²) in [5.41, 5.74) is -1.03. The number of nitrogens with zero attached hydrogens (tertiary/aromatic N) is 1. The van der Waals surface area contributed by atoms with E-state index < -0.39 is 50.1 Å². The van der Waals surface area contributed by atoms with Gasteiger partial charge in [-0.3, -0.25) is 9.69 Å². The molecule has 6 unspecified atom stereocenters. The molecule has 2 heterocycles. The number of carbonyl (C=O) groups is 2. The number of alkyl carbamates (subject to hydrolysis) is 1. The molecule has 3 N–H and O–H groups in total. The molecule has 1 aromatic carbocycles. The number of sulfone groups is 1. The van der Waals surface area contributed by atoms with E-state index in [4.69, 9.17) is 4.74 Å². The van der Waals surface area contributed by atoms with Crippen molar-refractivity contribution < 1.29 is 27.9 Å². The van der Waals surface area contributed by atoms with Gasteiger partial charge in [0.25, 0.3) is 0 Å². The molecule has 10 heteroatoms. The number of ether oxygens (including phenoxy) is 1. The van der Waals surface area contributed by atoms with Crippen LogP contribution in [0.25, 0.3) is 0 Å². The topological polar surface area (TPSA) is 125 Å². The highest BCUT2D eigenvalue weighted by Crippen LogP contribution is 2.43. The summed E-state index contributed by atoms with van der Waals surface area (Å²) in [5, 5.41) is 17.8. The van der Waals surface area contributed by atoms with Gasteiger partial charge in [-0.1, -0.05) is 63.4 Å². The zero-order valence-electron chi connectivity index (χ0n) is 26.2. The molecule has 0 radical (unpaired) electrons. The summed E-state index contributed by atoms with van der Waals surface area (Å²) >= 11 is 0. The summed E-state index contributed by atoms with van der Waals surface area (Å²) in [4.78, 5) is 28.2. The zero-order chi connectivity index (χ0) is 30.9. The van der Waals surface area contributed by atoms with Crippen molar-refractivity contribution in [1.29, 1.82) is 0 Å². The van der Waals surface area contributed by atoms with Crippen LogP contribution in [0, 0.1) is 17.8 Å². The van der Waals surface area contributed by atoms with Crippen LogP contribution in [-0.2, 0) is 25.8 Å². The summed E-state index contributed by atoms with van der Waals surface area (Å²) in [6.45, 7) is 11.5. The number of carbonyl (C=O) groups excluding carboxylic acids is 2. The minimum absolute atomic E-state index is 0.0335. The van der Waals surface area contributed by atoms with E-state index in [1.165, 1.54) is 0 Å². The predicted octanol–water partition coefficient (Wildman–Crippen LogP) is 4.39. The van der Waals surface area contributed by atoms with Crippen LogP contribution in [-0.4, -0.2) is 71.0 Å². The van der Waals surface area contributed by atoms with Gasteiger partial charge in [-0.2, -0.15) is 0 Å². The quantitative estimate of drug-likeness (QED) is 0.401. The lowest BCUT2D eigenvalue weighted by atomic mass is 9.71. The second kappa shape index (κ2) is 12.4. The standard InChI is InChI=1S/C32H51N3O6S/c1-22(2)32(17-12-18-42(32,39)40)41-29(38)34-31(23(3)36,20-24-13-8-7-9-14-24)35-21-26-16-11-10-15-25(26)19-27(35)28(37)33-30(4,5)6/h7-9,13-14,22-23,25-27,36H,10-12,15-21H2,1-6H3,(H,33,37)(H,34,38). The fraction of sp³-hybridized carbons (Fsp3) is 0.750. The van der Waals surface area contributed by atoms with Gasteiger partial charge in [-0.25, -0.2) is 13.2 Å². The van der Waals surface area contributed by atoms with Crippen LogP contribution < -0.4 is 10.6 Å². The van der Waals surface area contributed by atoms with Crippen molar-refractivity contribution in [3.63, 3.8) is 0 Å². The number of fused-ring (bicyclic) bond motifs is 1. The van der Waals surface area contributed by atoms with Gasteiger partial charge in [0.2, 0.25) is 10.8 Å². The summed E-state index contributed by atoms with van der Waals surface area (Å²) in [7, 11) is -3.69. The lowest BCUT2D eigenvalue weighted by Crippen LogP contribution is -2.74. The molecule has 4 rings (SSSR count). The largest absolute Gasteiger partial charge is 0.426 e. The number of hydrogen-bond acceptors (Lipinski definition) is 7. The number of piperidine rings is 1. The average Bonchev–Trinajstić information content (AvgIpc) is 3.21. The monoisotopic (exact) mass is 605 g/mol. The van der Waals surface area contributed by atoms with Gasteiger partial charge >= 0.3 is 6.09 Å². The van der Waals surface area contributed by atoms with Gasteiger partial charge in [0.1, 0.15) is 5.66 Å². The first kappa shape index (κ1) is 32.7. The summed E-state index contributed by atoms with van der Waals surface area (Å²) in [6.07, 6.45) is 3.79. The maximum Gasteiger partial charge on any atom is 0.410 e. The normalized spacial score (nSPS) is 30.1. The number of hydrogen-bond donors (Lipinski definition) is 3. The molecule has 6 atom stereocenters. The molecule has 0 bridgehead atoms. The average molecular weight is 606 g/mol. The predicted molar refractivity (Wildman–Crippen MR) is 163 cm³/mol. The van der Waals surface area contributed by atoms with Crippen molar-refractivity contribution in [3.05, 3.63) is 35.9 Å². The minimum Gasteiger partial charge on any atom is -0.426 e. The number of amides is 2. The highest BCUT2D eigenvalue weighted by Gasteiger charge is 2.56. The van der Waals surface area contributed by atoms with Gasteiger partial charge < -0.3 is 20.5 Å². The van der Waals surface area contributed by atoms with E-state index >= 15 is 0 Å². The van der Waals surface area contributed by atoms with Crippen molar-refractivity contribution in [2.24, 2.45) is 17.8 Å². The van der Waals surface area contributed by atoms with Gasteiger partial charge in [0.15, 0.2) is 9.84 Å². The Morgan fingerprint density at radius 3 is 2.24 bits per heavy atom. The van der Waals surface area contributed by atoms with Gasteiger partial charge in [0, 0.05) is 30.8 Å². The summed E-state index contributed by atoms with van der Waals surface area (Å²) in [5.74, 6) is 0.0788. The first-order valence-electron chi connectivity index (χ1n) is 15.6. The van der Waals surface area contributed by atoms with Gasteiger partial charge in [-0.15, -0.1) is 0 Å². The molecular weight excluding hydrogens is 554 g/mol. The van der Waals surface area contributed by atoms with Crippen LogP contribution in [0.1, 0.15) is 92.1 Å². The van der Waals surface area contributed by atoms with E-state index in [0.717, 1.165) is 31.2 Å². The van der Waals surface area contributed by atoms with Crippen LogP contribution in [0.2, 0.25) is 0 Å². The van der Waals surface area contributed by atoms with Crippen molar-refractivity contribution in [2.45, 2.75) is 121 Å². The summed E-state index contributed by atoms with van der Waals surface area (Å²) < 4.78 is 32.3. The Morgan fingerprint density at radius 2 is 1.69 bits per heavy atom. The molecule has 1 saturated carbocycles. The van der Waals surface area contributed by atoms with E-state index in [1.807, 2.05) is 56.0 Å². The van der Waals surface area contributed by atoms with Gasteiger partial charge in [0.05, 0.1) is 17.9 Å². The third kappa shape index (κ3) is 6.65. The van der Waals surface area contributed by atoms with Crippen LogP contribution in [0.5, 0.6) is 0 Å². The summed E-state index contributed by atoms with van der Waals surface area (Å²) in [6, 6.07) is 8.96.